The van der Waals surface area contributed by atoms with Gasteiger partial charge in [-0.05, 0) is 35.6 Å². The molecular formula is C23H31N3O5S. The first-order valence-corrected chi connectivity index (χ1v) is 11.8. The van der Waals surface area contributed by atoms with Crippen molar-refractivity contribution in [2.24, 2.45) is 11.1 Å². The number of aliphatic hydroxyl groups excluding tert-OH is 1. The van der Waals surface area contributed by atoms with E-state index in [9.17, 15) is 18.3 Å². The number of hydrogen-bond donors (Lipinski definition) is 3. The van der Waals surface area contributed by atoms with Crippen LogP contribution in [0.15, 0.2) is 64.6 Å². The lowest BCUT2D eigenvalue weighted by Crippen LogP contribution is -2.50. The first kappa shape index (κ1) is 25.5. The summed E-state index contributed by atoms with van der Waals surface area (Å²) in [5.74, 6) is -0.282. The normalized spacial score (nSPS) is 14.1. The molecule has 174 valence electrons. The van der Waals surface area contributed by atoms with Crippen molar-refractivity contribution in [3.05, 3.63) is 65.7 Å². The number of benzene rings is 2. The second kappa shape index (κ2) is 11.8. The van der Waals surface area contributed by atoms with Crippen LogP contribution >= 0.6 is 0 Å². The molecule has 8 nitrogen and oxygen atoms in total. The van der Waals surface area contributed by atoms with Crippen molar-refractivity contribution in [1.29, 1.82) is 0 Å². The van der Waals surface area contributed by atoms with Gasteiger partial charge in [0, 0.05) is 20.0 Å². The zero-order valence-electron chi connectivity index (χ0n) is 18.5. The first-order chi connectivity index (χ1) is 15.1. The standard InChI is InChI=1S/C23H31N3O5S/c1-17(2)15-26(32(30,31)21-11-9-20(10-12-21)14-24-29)16-23(28)22(25-18(3)27)13-19-7-5-4-6-8-19/h4-12,14,17,22-23,28-29H,13,15-16H2,1-3H3,(H,25,27)/b24-14+/t22-,23+/m0/s1. The zero-order valence-corrected chi connectivity index (χ0v) is 19.4. The van der Waals surface area contributed by atoms with E-state index < -0.39 is 22.2 Å². The summed E-state index contributed by atoms with van der Waals surface area (Å²) >= 11 is 0. The molecule has 2 rings (SSSR count). The van der Waals surface area contributed by atoms with Crippen LogP contribution in [0.5, 0.6) is 0 Å². The molecule has 1 amide bonds. The third-order valence-corrected chi connectivity index (χ3v) is 6.68. The number of oxime groups is 1. The Morgan fingerprint density at radius 2 is 1.72 bits per heavy atom. The zero-order chi connectivity index (χ0) is 23.7. The largest absolute Gasteiger partial charge is 0.411 e. The highest BCUT2D eigenvalue weighted by atomic mass is 32.2. The average Bonchev–Trinajstić information content (AvgIpc) is 2.73. The van der Waals surface area contributed by atoms with Crippen LogP contribution in [0, 0.1) is 5.92 Å². The van der Waals surface area contributed by atoms with Crippen LogP contribution in [0.3, 0.4) is 0 Å². The molecule has 0 spiro atoms. The fourth-order valence-corrected chi connectivity index (χ4v) is 4.99. The summed E-state index contributed by atoms with van der Waals surface area (Å²) < 4.78 is 27.9. The second-order valence-electron chi connectivity index (χ2n) is 8.09. The van der Waals surface area contributed by atoms with Crippen molar-refractivity contribution >= 4 is 22.1 Å². The average molecular weight is 462 g/mol. The number of aliphatic hydroxyl groups is 1. The van der Waals surface area contributed by atoms with Gasteiger partial charge >= 0.3 is 0 Å². The fraction of sp³-hybridized carbons (Fsp3) is 0.391. The maximum absolute atomic E-state index is 13.3. The van der Waals surface area contributed by atoms with Gasteiger partial charge in [0.15, 0.2) is 0 Å². The van der Waals surface area contributed by atoms with E-state index in [1.807, 2.05) is 44.2 Å². The molecule has 2 aromatic rings. The van der Waals surface area contributed by atoms with E-state index in [0.717, 1.165) is 5.56 Å². The number of hydrogen-bond acceptors (Lipinski definition) is 6. The van der Waals surface area contributed by atoms with Crippen LogP contribution in [0.4, 0.5) is 0 Å². The summed E-state index contributed by atoms with van der Waals surface area (Å²) in [6, 6.07) is 14.7. The van der Waals surface area contributed by atoms with Gasteiger partial charge in [-0.1, -0.05) is 61.5 Å². The van der Waals surface area contributed by atoms with E-state index in [2.05, 4.69) is 10.5 Å². The number of nitrogens with one attached hydrogen (secondary N) is 1. The third-order valence-electron chi connectivity index (χ3n) is 4.84. The topological polar surface area (TPSA) is 119 Å². The van der Waals surface area contributed by atoms with E-state index in [4.69, 9.17) is 5.21 Å². The minimum Gasteiger partial charge on any atom is -0.411 e. The van der Waals surface area contributed by atoms with Gasteiger partial charge in [-0.2, -0.15) is 4.31 Å². The molecule has 0 saturated heterocycles. The molecule has 0 heterocycles. The quantitative estimate of drug-likeness (QED) is 0.269. The summed E-state index contributed by atoms with van der Waals surface area (Å²) in [4.78, 5) is 11.8. The van der Waals surface area contributed by atoms with E-state index in [0.29, 0.717) is 12.0 Å². The number of rotatable bonds is 11. The minimum absolute atomic E-state index is 0.0195. The van der Waals surface area contributed by atoms with Crippen molar-refractivity contribution in [3.63, 3.8) is 0 Å². The van der Waals surface area contributed by atoms with Crippen LogP contribution in [0.2, 0.25) is 0 Å². The Hall–Kier alpha value is -2.75. The second-order valence-corrected chi connectivity index (χ2v) is 10.0. The summed E-state index contributed by atoms with van der Waals surface area (Å²) in [5.41, 5.74) is 1.47. The van der Waals surface area contributed by atoms with Gasteiger partial charge in [0.2, 0.25) is 15.9 Å². The van der Waals surface area contributed by atoms with Crippen LogP contribution in [0.25, 0.3) is 0 Å². The number of carbonyl (C=O) groups is 1. The summed E-state index contributed by atoms with van der Waals surface area (Å²) in [6.07, 6.45) is 0.452. The van der Waals surface area contributed by atoms with Crippen LogP contribution in [0.1, 0.15) is 31.9 Å². The van der Waals surface area contributed by atoms with Crippen molar-refractivity contribution in [3.8, 4) is 0 Å². The Labute approximate surface area is 189 Å². The van der Waals surface area contributed by atoms with E-state index in [-0.39, 0.29) is 29.8 Å². The van der Waals surface area contributed by atoms with E-state index >= 15 is 0 Å². The molecule has 0 aliphatic rings. The van der Waals surface area contributed by atoms with Crippen LogP contribution < -0.4 is 5.32 Å². The monoisotopic (exact) mass is 461 g/mol. The van der Waals surface area contributed by atoms with E-state index in [1.54, 1.807) is 0 Å². The van der Waals surface area contributed by atoms with Gasteiger partial charge in [0.25, 0.3) is 0 Å². The Bertz CT molecular complexity index is 992. The van der Waals surface area contributed by atoms with Gasteiger partial charge in [-0.3, -0.25) is 4.79 Å². The highest BCUT2D eigenvalue weighted by Gasteiger charge is 2.31. The molecule has 0 unspecified atom stereocenters. The summed E-state index contributed by atoms with van der Waals surface area (Å²) in [5, 5.41) is 25.3. The molecule has 2 aromatic carbocycles. The van der Waals surface area contributed by atoms with Crippen LogP contribution in [-0.4, -0.2) is 60.4 Å². The summed E-state index contributed by atoms with van der Waals surface area (Å²) in [7, 11) is -3.90. The molecule has 0 aromatic heterocycles. The highest BCUT2D eigenvalue weighted by Crippen LogP contribution is 2.19. The maximum atomic E-state index is 13.3. The van der Waals surface area contributed by atoms with Gasteiger partial charge < -0.3 is 15.6 Å². The van der Waals surface area contributed by atoms with Gasteiger partial charge in [-0.25, -0.2) is 8.42 Å². The highest BCUT2D eigenvalue weighted by molar-refractivity contribution is 7.89. The number of amides is 1. The van der Waals surface area contributed by atoms with Crippen molar-refractivity contribution < 1.29 is 23.5 Å². The molecule has 0 bridgehead atoms. The molecule has 3 N–H and O–H groups in total. The molecule has 0 fully saturated rings. The lowest BCUT2D eigenvalue weighted by molar-refractivity contribution is -0.120. The predicted molar refractivity (Wildman–Crippen MR) is 123 cm³/mol. The van der Waals surface area contributed by atoms with Gasteiger partial charge in [0.05, 0.1) is 23.3 Å². The molecule has 0 aliphatic heterocycles. The molecule has 32 heavy (non-hydrogen) atoms. The molecule has 2 atom stereocenters. The Kier molecular flexibility index (Phi) is 9.37. The van der Waals surface area contributed by atoms with Gasteiger partial charge in [-0.15, -0.1) is 0 Å². The Balaban J connectivity index is 2.28. The molecule has 0 aliphatic carbocycles. The predicted octanol–water partition coefficient (Wildman–Crippen LogP) is 2.25. The van der Waals surface area contributed by atoms with Crippen LogP contribution in [-0.2, 0) is 21.2 Å². The maximum Gasteiger partial charge on any atom is 0.243 e. The summed E-state index contributed by atoms with van der Waals surface area (Å²) in [6.45, 7) is 5.19. The fourth-order valence-electron chi connectivity index (χ4n) is 3.37. The van der Waals surface area contributed by atoms with Gasteiger partial charge in [0.1, 0.15) is 0 Å². The minimum atomic E-state index is -3.90. The first-order valence-electron chi connectivity index (χ1n) is 10.4. The Morgan fingerprint density at radius 3 is 2.25 bits per heavy atom. The number of nitrogens with zero attached hydrogens (tertiary/aromatic N) is 2. The molecule has 0 radical (unpaired) electrons. The van der Waals surface area contributed by atoms with Crippen molar-refractivity contribution in [2.45, 2.75) is 44.2 Å². The SMILES string of the molecule is CC(=O)N[C@@H](Cc1ccccc1)[C@H](O)CN(CC(C)C)S(=O)(=O)c1ccc(/C=N/O)cc1. The lowest BCUT2D eigenvalue weighted by atomic mass is 10.0. The lowest BCUT2D eigenvalue weighted by Gasteiger charge is -2.30. The number of sulfonamides is 1. The Morgan fingerprint density at radius 1 is 1.09 bits per heavy atom. The van der Waals surface area contributed by atoms with Crippen molar-refractivity contribution in [2.75, 3.05) is 13.1 Å². The van der Waals surface area contributed by atoms with E-state index in [1.165, 1.54) is 41.7 Å². The molecule has 9 heteroatoms. The third kappa shape index (κ3) is 7.44. The molecular weight excluding hydrogens is 430 g/mol. The number of carbonyl (C=O) groups excluding carboxylic acids is 1. The van der Waals surface area contributed by atoms with Crippen molar-refractivity contribution in [1.82, 2.24) is 9.62 Å². The molecule has 0 saturated carbocycles. The smallest absolute Gasteiger partial charge is 0.243 e.